The third-order valence-electron chi connectivity index (χ3n) is 3.55. The average molecular weight is 320 g/mol. The van der Waals surface area contributed by atoms with E-state index in [1.165, 1.54) is 12.1 Å². The number of nitrogens with zero attached hydrogens (tertiary/aromatic N) is 2. The van der Waals surface area contributed by atoms with Crippen LogP contribution in [0.4, 0.5) is 13.2 Å². The summed E-state index contributed by atoms with van der Waals surface area (Å²) in [5.41, 5.74) is 4.94. The van der Waals surface area contributed by atoms with Crippen LogP contribution in [0.15, 0.2) is 28.8 Å². The molecule has 3 rings (SSSR count). The minimum absolute atomic E-state index is 0. The molecule has 1 heterocycles. The highest BCUT2D eigenvalue weighted by Gasteiger charge is 2.39. The zero-order chi connectivity index (χ0) is 14.4. The molecule has 4 nitrogen and oxygen atoms in total. The van der Waals surface area contributed by atoms with Crippen molar-refractivity contribution < 1.29 is 17.7 Å². The number of benzene rings is 1. The second-order valence-electron chi connectivity index (χ2n) is 5.01. The van der Waals surface area contributed by atoms with Crippen molar-refractivity contribution in [3.63, 3.8) is 0 Å². The van der Waals surface area contributed by atoms with Crippen molar-refractivity contribution in [2.45, 2.75) is 31.0 Å². The first-order valence-electron chi connectivity index (χ1n) is 6.19. The van der Waals surface area contributed by atoms with Crippen molar-refractivity contribution in [1.29, 1.82) is 0 Å². The predicted molar refractivity (Wildman–Crippen MR) is 71.7 cm³/mol. The monoisotopic (exact) mass is 319 g/mol. The van der Waals surface area contributed by atoms with Gasteiger partial charge in [-0.3, -0.25) is 0 Å². The number of hydrogen-bond donors (Lipinski definition) is 1. The number of rotatable bonds is 2. The Balaban J connectivity index is 0.00000161. The molecule has 0 atom stereocenters. The molecule has 0 spiro atoms. The van der Waals surface area contributed by atoms with E-state index in [1.54, 1.807) is 0 Å². The molecule has 0 radical (unpaired) electrons. The molecule has 1 saturated carbocycles. The number of alkyl halides is 3. The van der Waals surface area contributed by atoms with Crippen LogP contribution in [0, 0.1) is 0 Å². The van der Waals surface area contributed by atoms with Crippen LogP contribution in [-0.2, 0) is 11.7 Å². The van der Waals surface area contributed by atoms with Gasteiger partial charge in [0, 0.05) is 5.56 Å². The third-order valence-corrected chi connectivity index (χ3v) is 3.55. The van der Waals surface area contributed by atoms with Crippen molar-refractivity contribution in [2.75, 3.05) is 0 Å². The summed E-state index contributed by atoms with van der Waals surface area (Å²) < 4.78 is 43.0. The van der Waals surface area contributed by atoms with Gasteiger partial charge in [-0.05, 0) is 37.5 Å². The highest BCUT2D eigenvalue weighted by Crippen LogP contribution is 2.38. The third kappa shape index (κ3) is 2.89. The Labute approximate surface area is 124 Å². The van der Waals surface area contributed by atoms with Crippen molar-refractivity contribution in [2.24, 2.45) is 5.73 Å². The summed E-state index contributed by atoms with van der Waals surface area (Å²) in [7, 11) is 0. The Morgan fingerprint density at radius 3 is 2.52 bits per heavy atom. The maximum atomic E-state index is 12.7. The average Bonchev–Trinajstić information content (AvgIpc) is 2.85. The van der Waals surface area contributed by atoms with Gasteiger partial charge in [0.05, 0.1) is 11.1 Å². The lowest BCUT2D eigenvalue weighted by molar-refractivity contribution is -0.137. The van der Waals surface area contributed by atoms with Crippen LogP contribution in [0.1, 0.15) is 30.7 Å². The van der Waals surface area contributed by atoms with E-state index in [-0.39, 0.29) is 23.9 Å². The van der Waals surface area contributed by atoms with E-state index in [2.05, 4.69) is 10.1 Å². The van der Waals surface area contributed by atoms with Crippen LogP contribution in [0.3, 0.4) is 0 Å². The van der Waals surface area contributed by atoms with E-state index < -0.39 is 17.3 Å². The fourth-order valence-electron chi connectivity index (χ4n) is 2.15. The van der Waals surface area contributed by atoms with Gasteiger partial charge in [0.25, 0.3) is 5.89 Å². The van der Waals surface area contributed by atoms with E-state index in [0.717, 1.165) is 31.4 Å². The highest BCUT2D eigenvalue weighted by molar-refractivity contribution is 5.85. The van der Waals surface area contributed by atoms with E-state index in [0.29, 0.717) is 5.82 Å². The van der Waals surface area contributed by atoms with Crippen LogP contribution in [0.25, 0.3) is 11.5 Å². The zero-order valence-electron chi connectivity index (χ0n) is 10.9. The summed E-state index contributed by atoms with van der Waals surface area (Å²) >= 11 is 0. The van der Waals surface area contributed by atoms with Gasteiger partial charge in [0.1, 0.15) is 0 Å². The van der Waals surface area contributed by atoms with Crippen LogP contribution in [0.2, 0.25) is 0 Å². The van der Waals surface area contributed by atoms with Crippen LogP contribution in [0.5, 0.6) is 0 Å². The number of nitrogens with two attached hydrogens (primary N) is 1. The Morgan fingerprint density at radius 1 is 1.24 bits per heavy atom. The normalized spacial score (nSPS) is 17.0. The first kappa shape index (κ1) is 15.8. The first-order valence-corrected chi connectivity index (χ1v) is 6.19. The molecule has 0 saturated heterocycles. The molecule has 1 aromatic carbocycles. The molecule has 114 valence electrons. The molecule has 1 aliphatic rings. The summed E-state index contributed by atoms with van der Waals surface area (Å²) in [6, 6.07) is 4.79. The number of hydrogen-bond acceptors (Lipinski definition) is 4. The van der Waals surface area contributed by atoms with E-state index in [4.69, 9.17) is 10.3 Å². The van der Waals surface area contributed by atoms with E-state index >= 15 is 0 Å². The molecule has 1 aliphatic carbocycles. The first-order chi connectivity index (χ1) is 9.38. The molecular weight excluding hydrogens is 307 g/mol. The molecule has 21 heavy (non-hydrogen) atoms. The molecule has 0 unspecified atom stereocenters. The summed E-state index contributed by atoms with van der Waals surface area (Å²) in [4.78, 5) is 4.13. The topological polar surface area (TPSA) is 64.9 Å². The van der Waals surface area contributed by atoms with Gasteiger partial charge >= 0.3 is 6.18 Å². The molecular formula is C13H13ClF3N3O. The molecule has 0 aliphatic heterocycles. The van der Waals surface area contributed by atoms with Gasteiger partial charge in [-0.1, -0.05) is 11.2 Å². The molecule has 2 aromatic rings. The van der Waals surface area contributed by atoms with E-state index in [1.807, 2.05) is 0 Å². The lowest BCUT2D eigenvalue weighted by Gasteiger charge is -2.34. The van der Waals surface area contributed by atoms with Gasteiger partial charge in [-0.25, -0.2) is 0 Å². The second-order valence-corrected chi connectivity index (χ2v) is 5.01. The molecule has 0 bridgehead atoms. The molecule has 8 heteroatoms. The summed E-state index contributed by atoms with van der Waals surface area (Å²) in [6.07, 6.45) is -1.89. The largest absolute Gasteiger partial charge is 0.416 e. The predicted octanol–water partition coefficient (Wildman–Crippen LogP) is 3.52. The van der Waals surface area contributed by atoms with Crippen LogP contribution in [-0.4, -0.2) is 10.1 Å². The Bertz CT molecular complexity index is 638. The highest BCUT2D eigenvalue weighted by atomic mass is 35.5. The minimum atomic E-state index is -4.40. The quantitative estimate of drug-likeness (QED) is 0.920. The van der Waals surface area contributed by atoms with Crippen LogP contribution < -0.4 is 5.73 Å². The van der Waals surface area contributed by atoms with Gasteiger partial charge in [0.2, 0.25) is 0 Å². The maximum Gasteiger partial charge on any atom is 0.416 e. The zero-order valence-corrected chi connectivity index (χ0v) is 11.7. The van der Waals surface area contributed by atoms with Crippen molar-refractivity contribution in [3.8, 4) is 11.5 Å². The second kappa shape index (κ2) is 5.31. The Kier molecular flexibility index (Phi) is 3.99. The van der Waals surface area contributed by atoms with Gasteiger partial charge in [0.15, 0.2) is 5.82 Å². The number of aromatic nitrogens is 2. The fraction of sp³-hybridized carbons (Fsp3) is 0.385. The molecule has 1 fully saturated rings. The van der Waals surface area contributed by atoms with Gasteiger partial charge < -0.3 is 10.3 Å². The summed E-state index contributed by atoms with van der Waals surface area (Å²) in [5, 5.41) is 3.79. The lowest BCUT2D eigenvalue weighted by atomic mass is 9.77. The minimum Gasteiger partial charge on any atom is -0.334 e. The van der Waals surface area contributed by atoms with Crippen molar-refractivity contribution in [3.05, 3.63) is 35.7 Å². The van der Waals surface area contributed by atoms with Gasteiger partial charge in [-0.2, -0.15) is 18.2 Å². The standard InChI is InChI=1S/C13H12F3N3O.ClH/c14-13(15,16)9-4-1-3-8(7-9)10-18-11(19-20-10)12(17)5-2-6-12;/h1,3-4,7H,2,5-6,17H2;1H. The summed E-state index contributed by atoms with van der Waals surface area (Å²) in [6.45, 7) is 0. The molecule has 1 aromatic heterocycles. The summed E-state index contributed by atoms with van der Waals surface area (Å²) in [5.74, 6) is 0.416. The maximum absolute atomic E-state index is 12.7. The Morgan fingerprint density at radius 2 is 1.95 bits per heavy atom. The Hall–Kier alpha value is -1.60. The smallest absolute Gasteiger partial charge is 0.334 e. The van der Waals surface area contributed by atoms with Crippen LogP contribution >= 0.6 is 12.4 Å². The fourth-order valence-corrected chi connectivity index (χ4v) is 2.15. The SMILES string of the molecule is Cl.NC1(c2noc(-c3cccc(C(F)(F)F)c3)n2)CCC1. The van der Waals surface area contributed by atoms with Gasteiger partial charge in [-0.15, -0.1) is 12.4 Å². The molecule has 2 N–H and O–H groups in total. The van der Waals surface area contributed by atoms with E-state index in [9.17, 15) is 13.2 Å². The number of halogens is 4. The molecule has 0 amide bonds. The van der Waals surface area contributed by atoms with Crippen molar-refractivity contribution >= 4 is 12.4 Å². The lowest BCUT2D eigenvalue weighted by Crippen LogP contribution is -2.44. The van der Waals surface area contributed by atoms with Crippen molar-refractivity contribution in [1.82, 2.24) is 10.1 Å².